The third kappa shape index (κ3) is 4.02. The van der Waals surface area contributed by atoms with Crippen LogP contribution in [0.4, 0.5) is 0 Å². The summed E-state index contributed by atoms with van der Waals surface area (Å²) in [6.45, 7) is 10.5. The Kier molecular flexibility index (Phi) is 6.20. The van der Waals surface area contributed by atoms with Gasteiger partial charge in [0.1, 0.15) is 5.75 Å². The Morgan fingerprint density at radius 1 is 1.11 bits per heavy atom. The zero-order valence-electron chi connectivity index (χ0n) is 12.5. The third-order valence-electron chi connectivity index (χ3n) is 3.52. The van der Waals surface area contributed by atoms with Gasteiger partial charge in [-0.1, -0.05) is 38.8 Å². The maximum atomic E-state index is 6.02. The molecule has 1 aromatic carbocycles. The van der Waals surface area contributed by atoms with Crippen molar-refractivity contribution < 1.29 is 4.74 Å². The summed E-state index contributed by atoms with van der Waals surface area (Å²) in [5.41, 5.74) is 3.81. The van der Waals surface area contributed by atoms with Crippen LogP contribution in [-0.2, 0) is 6.54 Å². The third-order valence-corrected chi connectivity index (χ3v) is 3.52. The molecular weight excluding hydrogens is 222 g/mol. The number of aryl methyl sites for hydroxylation is 2. The van der Waals surface area contributed by atoms with Crippen molar-refractivity contribution in [2.75, 3.05) is 13.7 Å². The summed E-state index contributed by atoms with van der Waals surface area (Å²) in [5.74, 6) is 1.74. The Bertz CT molecular complexity index is 346. The Hall–Kier alpha value is -1.02. The fourth-order valence-corrected chi connectivity index (χ4v) is 2.30. The highest BCUT2D eigenvalue weighted by atomic mass is 16.5. The fraction of sp³-hybridized carbons (Fsp3) is 0.625. The van der Waals surface area contributed by atoms with Crippen molar-refractivity contribution in [1.29, 1.82) is 0 Å². The van der Waals surface area contributed by atoms with E-state index >= 15 is 0 Å². The molecule has 0 aliphatic rings. The van der Waals surface area contributed by atoms with Crippen LogP contribution in [0.3, 0.4) is 0 Å². The van der Waals surface area contributed by atoms with Crippen LogP contribution in [0.1, 0.15) is 43.4 Å². The molecule has 0 amide bonds. The van der Waals surface area contributed by atoms with Crippen molar-refractivity contribution in [3.8, 4) is 5.75 Å². The van der Waals surface area contributed by atoms with Gasteiger partial charge in [-0.2, -0.15) is 0 Å². The second-order valence-corrected chi connectivity index (χ2v) is 5.08. The number of hydrogen-bond acceptors (Lipinski definition) is 2. The Morgan fingerprint density at radius 3 is 2.11 bits per heavy atom. The number of nitrogens with one attached hydrogen (secondary N) is 1. The summed E-state index contributed by atoms with van der Waals surface area (Å²) in [6, 6.07) is 4.43. The van der Waals surface area contributed by atoms with Gasteiger partial charge >= 0.3 is 0 Å². The van der Waals surface area contributed by atoms with Crippen LogP contribution in [0.2, 0.25) is 0 Å². The minimum absolute atomic E-state index is 0.667. The first kappa shape index (κ1) is 15.0. The maximum Gasteiger partial charge on any atom is 0.125 e. The summed E-state index contributed by atoms with van der Waals surface area (Å²) in [6.07, 6.45) is 2.37. The lowest BCUT2D eigenvalue weighted by Gasteiger charge is -2.18. The Balaban J connectivity index is 2.77. The second-order valence-electron chi connectivity index (χ2n) is 5.08. The van der Waals surface area contributed by atoms with Crippen molar-refractivity contribution in [3.05, 3.63) is 28.8 Å². The molecule has 1 N–H and O–H groups in total. The van der Waals surface area contributed by atoms with Gasteiger partial charge in [0.15, 0.2) is 0 Å². The molecule has 0 aliphatic heterocycles. The van der Waals surface area contributed by atoms with Gasteiger partial charge in [-0.25, -0.2) is 0 Å². The molecule has 0 aliphatic carbocycles. The van der Waals surface area contributed by atoms with Crippen LogP contribution >= 0.6 is 0 Å². The molecule has 102 valence electrons. The van der Waals surface area contributed by atoms with Crippen LogP contribution in [0.15, 0.2) is 12.1 Å². The largest absolute Gasteiger partial charge is 0.493 e. The average molecular weight is 249 g/mol. The van der Waals surface area contributed by atoms with Crippen molar-refractivity contribution in [2.45, 2.75) is 47.1 Å². The van der Waals surface area contributed by atoms with Gasteiger partial charge in [-0.3, -0.25) is 0 Å². The molecule has 0 unspecified atom stereocenters. The summed E-state index contributed by atoms with van der Waals surface area (Å²) >= 11 is 0. The molecule has 1 rings (SSSR count). The minimum Gasteiger partial charge on any atom is -0.493 e. The Morgan fingerprint density at radius 2 is 1.67 bits per heavy atom. The molecule has 0 atom stereocenters. The van der Waals surface area contributed by atoms with Crippen LogP contribution < -0.4 is 10.1 Å². The van der Waals surface area contributed by atoms with E-state index in [4.69, 9.17) is 4.74 Å². The number of rotatable bonds is 7. The molecular formula is C16H27NO. The van der Waals surface area contributed by atoms with Crippen molar-refractivity contribution >= 4 is 0 Å². The van der Waals surface area contributed by atoms with E-state index in [2.05, 4.69) is 45.1 Å². The number of ether oxygens (including phenoxy) is 1. The monoisotopic (exact) mass is 249 g/mol. The predicted molar refractivity (Wildman–Crippen MR) is 78.2 cm³/mol. The lowest BCUT2D eigenvalue weighted by Crippen LogP contribution is -2.12. The van der Waals surface area contributed by atoms with Crippen LogP contribution in [0, 0.1) is 19.8 Å². The van der Waals surface area contributed by atoms with Crippen LogP contribution in [0.5, 0.6) is 5.75 Å². The molecule has 2 heteroatoms. The summed E-state index contributed by atoms with van der Waals surface area (Å²) < 4.78 is 6.02. The fourth-order valence-electron chi connectivity index (χ4n) is 2.30. The molecule has 18 heavy (non-hydrogen) atoms. The molecule has 0 aromatic heterocycles. The molecule has 0 saturated carbocycles. The van der Waals surface area contributed by atoms with Gasteiger partial charge < -0.3 is 10.1 Å². The predicted octanol–water partition coefficient (Wildman–Crippen LogP) is 3.84. The van der Waals surface area contributed by atoms with Crippen LogP contribution in [0.25, 0.3) is 0 Å². The van der Waals surface area contributed by atoms with E-state index in [-0.39, 0.29) is 0 Å². The lowest BCUT2D eigenvalue weighted by atomic mass is 10.0. The highest BCUT2D eigenvalue weighted by molar-refractivity contribution is 5.43. The van der Waals surface area contributed by atoms with Crippen LogP contribution in [-0.4, -0.2) is 13.7 Å². The SMILES string of the molecule is CCC(CC)COc1c(C)cc(CNC)cc1C. The smallest absolute Gasteiger partial charge is 0.125 e. The highest BCUT2D eigenvalue weighted by Gasteiger charge is 2.09. The first-order valence-corrected chi connectivity index (χ1v) is 6.99. The van der Waals surface area contributed by atoms with Crippen molar-refractivity contribution in [3.63, 3.8) is 0 Å². The zero-order chi connectivity index (χ0) is 13.5. The summed E-state index contributed by atoms with van der Waals surface area (Å²) in [7, 11) is 1.97. The molecule has 0 radical (unpaired) electrons. The van der Waals surface area contributed by atoms with E-state index in [1.165, 1.54) is 29.5 Å². The Labute approximate surface area is 112 Å². The zero-order valence-corrected chi connectivity index (χ0v) is 12.5. The van der Waals surface area contributed by atoms with Gasteiger partial charge in [0.05, 0.1) is 6.61 Å². The lowest BCUT2D eigenvalue weighted by molar-refractivity contribution is 0.238. The van der Waals surface area contributed by atoms with E-state index in [0.29, 0.717) is 5.92 Å². The van der Waals surface area contributed by atoms with E-state index < -0.39 is 0 Å². The van der Waals surface area contributed by atoms with E-state index in [0.717, 1.165) is 18.9 Å². The van der Waals surface area contributed by atoms with Crippen molar-refractivity contribution in [2.24, 2.45) is 5.92 Å². The topological polar surface area (TPSA) is 21.3 Å². The molecule has 0 spiro atoms. The van der Waals surface area contributed by atoms with Gasteiger partial charge in [-0.15, -0.1) is 0 Å². The minimum atomic E-state index is 0.667. The van der Waals surface area contributed by atoms with E-state index in [9.17, 15) is 0 Å². The molecule has 0 heterocycles. The van der Waals surface area contributed by atoms with E-state index in [1.54, 1.807) is 0 Å². The number of hydrogen-bond donors (Lipinski definition) is 1. The second kappa shape index (κ2) is 7.42. The summed E-state index contributed by atoms with van der Waals surface area (Å²) in [4.78, 5) is 0. The first-order chi connectivity index (χ1) is 8.62. The first-order valence-electron chi connectivity index (χ1n) is 6.99. The molecule has 1 aromatic rings. The highest BCUT2D eigenvalue weighted by Crippen LogP contribution is 2.26. The summed E-state index contributed by atoms with van der Waals surface area (Å²) in [5, 5.41) is 3.19. The molecule has 0 bridgehead atoms. The molecule has 2 nitrogen and oxygen atoms in total. The van der Waals surface area contributed by atoms with Gasteiger partial charge in [0, 0.05) is 6.54 Å². The quantitative estimate of drug-likeness (QED) is 0.793. The normalized spacial score (nSPS) is 11.0. The maximum absolute atomic E-state index is 6.02. The molecule has 0 saturated heterocycles. The standard InChI is InChI=1S/C16H27NO/c1-6-14(7-2)11-18-16-12(3)8-15(10-17-5)9-13(16)4/h8-9,14,17H,6-7,10-11H2,1-5H3. The van der Waals surface area contributed by atoms with Gasteiger partial charge in [-0.05, 0) is 43.5 Å². The van der Waals surface area contributed by atoms with Gasteiger partial charge in [0.2, 0.25) is 0 Å². The molecule has 0 fully saturated rings. The van der Waals surface area contributed by atoms with Crippen molar-refractivity contribution in [1.82, 2.24) is 5.32 Å². The number of benzene rings is 1. The van der Waals surface area contributed by atoms with Gasteiger partial charge in [0.25, 0.3) is 0 Å². The average Bonchev–Trinajstić information content (AvgIpc) is 2.33. The van der Waals surface area contributed by atoms with E-state index in [1.807, 2.05) is 7.05 Å².